The summed E-state index contributed by atoms with van der Waals surface area (Å²) in [5, 5.41) is 0.564. The van der Waals surface area contributed by atoms with Gasteiger partial charge in [-0.3, -0.25) is 0 Å². The van der Waals surface area contributed by atoms with Gasteiger partial charge in [-0.1, -0.05) is 47.7 Å². The van der Waals surface area contributed by atoms with Gasteiger partial charge in [0, 0.05) is 11.1 Å². The maximum atomic E-state index is 5.96. The molecule has 0 unspecified atom stereocenters. The number of para-hydroxylation sites is 1. The number of nitrogen functional groups attached to an aromatic ring is 1. The van der Waals surface area contributed by atoms with E-state index in [-0.39, 0.29) is 0 Å². The predicted molar refractivity (Wildman–Crippen MR) is 88.7 cm³/mol. The van der Waals surface area contributed by atoms with Crippen molar-refractivity contribution in [3.05, 3.63) is 54.1 Å². The van der Waals surface area contributed by atoms with Crippen molar-refractivity contribution in [3.8, 4) is 27.4 Å². The third-order valence-corrected chi connectivity index (χ3v) is 4.31. The highest BCUT2D eigenvalue weighted by atomic mass is 32.1. The van der Waals surface area contributed by atoms with Crippen molar-refractivity contribution in [2.24, 2.45) is 0 Å². The van der Waals surface area contributed by atoms with Crippen LogP contribution in [0.2, 0.25) is 0 Å². The molecule has 3 nitrogen and oxygen atoms in total. The molecule has 0 aliphatic heterocycles. The molecule has 0 atom stereocenters. The molecule has 0 radical (unpaired) electrons. The summed E-state index contributed by atoms with van der Waals surface area (Å²) in [7, 11) is 1.68. The Hall–Kier alpha value is -2.33. The van der Waals surface area contributed by atoms with Gasteiger partial charge in [-0.2, -0.15) is 0 Å². The lowest BCUT2D eigenvalue weighted by Crippen LogP contribution is -1.89. The van der Waals surface area contributed by atoms with Gasteiger partial charge in [0.1, 0.15) is 5.75 Å². The van der Waals surface area contributed by atoms with E-state index in [1.165, 1.54) is 16.9 Å². The van der Waals surface area contributed by atoms with Crippen molar-refractivity contribution in [3.63, 3.8) is 0 Å². The minimum Gasteiger partial charge on any atom is -0.496 e. The lowest BCUT2D eigenvalue weighted by atomic mass is 10.0. The van der Waals surface area contributed by atoms with Gasteiger partial charge in [0.05, 0.1) is 17.7 Å². The van der Waals surface area contributed by atoms with E-state index in [4.69, 9.17) is 10.5 Å². The topological polar surface area (TPSA) is 48.1 Å². The Bertz CT molecular complexity index is 780. The summed E-state index contributed by atoms with van der Waals surface area (Å²) in [5.74, 6) is 0.830. The Morgan fingerprint density at radius 1 is 1.00 bits per heavy atom. The van der Waals surface area contributed by atoms with Gasteiger partial charge in [0.25, 0.3) is 0 Å². The van der Waals surface area contributed by atoms with E-state index >= 15 is 0 Å². The van der Waals surface area contributed by atoms with Gasteiger partial charge >= 0.3 is 0 Å². The monoisotopic (exact) mass is 296 g/mol. The highest BCUT2D eigenvalue weighted by Crippen LogP contribution is 2.42. The molecule has 0 fully saturated rings. The second-order valence-electron chi connectivity index (χ2n) is 4.75. The first-order valence-electron chi connectivity index (χ1n) is 6.66. The first-order valence-corrected chi connectivity index (χ1v) is 7.48. The molecule has 21 heavy (non-hydrogen) atoms. The fourth-order valence-electron chi connectivity index (χ4n) is 2.37. The molecule has 0 amide bonds. The summed E-state index contributed by atoms with van der Waals surface area (Å²) in [6, 6.07) is 16.1. The third kappa shape index (κ3) is 2.50. The van der Waals surface area contributed by atoms with Crippen LogP contribution in [0.4, 0.5) is 5.13 Å². The fraction of sp³-hybridized carbons (Fsp3) is 0.118. The number of aryl methyl sites for hydroxylation is 1. The SMILES string of the molecule is COc1ccccc1-c1sc(N)nc1-c1ccccc1C. The highest BCUT2D eigenvalue weighted by Gasteiger charge is 2.17. The van der Waals surface area contributed by atoms with E-state index in [0.29, 0.717) is 5.13 Å². The van der Waals surface area contributed by atoms with Crippen molar-refractivity contribution in [1.29, 1.82) is 0 Å². The number of hydrogen-bond acceptors (Lipinski definition) is 4. The Labute approximate surface area is 128 Å². The van der Waals surface area contributed by atoms with Crippen LogP contribution >= 0.6 is 11.3 Å². The molecular formula is C17H16N2OS. The number of anilines is 1. The summed E-state index contributed by atoms with van der Waals surface area (Å²) in [6.45, 7) is 2.08. The molecule has 4 heteroatoms. The normalized spacial score (nSPS) is 10.6. The van der Waals surface area contributed by atoms with Crippen LogP contribution < -0.4 is 10.5 Å². The number of ether oxygens (including phenoxy) is 1. The molecule has 0 saturated carbocycles. The van der Waals surface area contributed by atoms with Crippen molar-refractivity contribution >= 4 is 16.5 Å². The largest absolute Gasteiger partial charge is 0.496 e. The number of rotatable bonds is 3. The van der Waals surface area contributed by atoms with Crippen molar-refractivity contribution < 1.29 is 4.74 Å². The molecule has 1 heterocycles. The van der Waals surface area contributed by atoms with Crippen molar-refractivity contribution in [2.45, 2.75) is 6.92 Å². The van der Waals surface area contributed by atoms with Crippen LogP contribution in [0.15, 0.2) is 48.5 Å². The molecule has 0 aliphatic carbocycles. The van der Waals surface area contributed by atoms with Crippen LogP contribution in [0.1, 0.15) is 5.56 Å². The van der Waals surface area contributed by atoms with Crippen molar-refractivity contribution in [2.75, 3.05) is 12.8 Å². The lowest BCUT2D eigenvalue weighted by molar-refractivity contribution is 0.416. The molecule has 2 N–H and O–H groups in total. The van der Waals surface area contributed by atoms with Crippen LogP contribution in [0.3, 0.4) is 0 Å². The first-order chi connectivity index (χ1) is 10.2. The highest BCUT2D eigenvalue weighted by molar-refractivity contribution is 7.19. The van der Waals surface area contributed by atoms with E-state index in [1.807, 2.05) is 36.4 Å². The maximum absolute atomic E-state index is 5.96. The van der Waals surface area contributed by atoms with Gasteiger partial charge in [-0.05, 0) is 24.6 Å². The molecular weight excluding hydrogens is 280 g/mol. The zero-order valence-electron chi connectivity index (χ0n) is 12.0. The molecule has 0 saturated heterocycles. The zero-order valence-corrected chi connectivity index (χ0v) is 12.8. The predicted octanol–water partition coefficient (Wildman–Crippen LogP) is 4.38. The smallest absolute Gasteiger partial charge is 0.181 e. The number of nitrogens with two attached hydrogens (primary N) is 1. The molecule has 0 aliphatic rings. The Balaban J connectivity index is 2.24. The summed E-state index contributed by atoms with van der Waals surface area (Å²) < 4.78 is 5.47. The zero-order chi connectivity index (χ0) is 14.8. The molecule has 0 spiro atoms. The maximum Gasteiger partial charge on any atom is 0.181 e. The number of methoxy groups -OCH3 is 1. The van der Waals surface area contributed by atoms with Crippen LogP contribution in [0.5, 0.6) is 5.75 Å². The molecule has 3 aromatic rings. The van der Waals surface area contributed by atoms with E-state index < -0.39 is 0 Å². The van der Waals surface area contributed by atoms with E-state index in [1.54, 1.807) is 7.11 Å². The number of benzene rings is 2. The fourth-order valence-corrected chi connectivity index (χ4v) is 3.25. The van der Waals surface area contributed by atoms with E-state index in [0.717, 1.165) is 27.4 Å². The molecule has 106 valence electrons. The molecule has 2 aromatic carbocycles. The van der Waals surface area contributed by atoms with Gasteiger partial charge in [0.15, 0.2) is 5.13 Å². The first kappa shape index (κ1) is 13.6. The number of nitrogens with zero attached hydrogens (tertiary/aromatic N) is 1. The molecule has 1 aromatic heterocycles. The van der Waals surface area contributed by atoms with Crippen LogP contribution in [-0.4, -0.2) is 12.1 Å². The second-order valence-corrected chi connectivity index (χ2v) is 5.78. The van der Waals surface area contributed by atoms with Gasteiger partial charge < -0.3 is 10.5 Å². The van der Waals surface area contributed by atoms with E-state index in [2.05, 4.69) is 24.0 Å². The van der Waals surface area contributed by atoms with E-state index in [9.17, 15) is 0 Å². The lowest BCUT2D eigenvalue weighted by Gasteiger charge is -2.09. The Morgan fingerprint density at radius 2 is 1.67 bits per heavy atom. The number of hydrogen-bond donors (Lipinski definition) is 1. The standard InChI is InChI=1S/C17H16N2OS/c1-11-7-3-4-8-12(11)15-16(21-17(18)19-15)13-9-5-6-10-14(13)20-2/h3-10H,1-2H3,(H2,18,19). The quantitative estimate of drug-likeness (QED) is 0.780. The average Bonchev–Trinajstić information content (AvgIpc) is 2.89. The minimum atomic E-state index is 0.564. The number of aromatic nitrogens is 1. The van der Waals surface area contributed by atoms with Crippen LogP contribution in [-0.2, 0) is 0 Å². The third-order valence-electron chi connectivity index (χ3n) is 3.40. The average molecular weight is 296 g/mol. The minimum absolute atomic E-state index is 0.564. The van der Waals surface area contributed by atoms with Crippen LogP contribution in [0.25, 0.3) is 21.7 Å². The molecule has 0 bridgehead atoms. The summed E-state index contributed by atoms with van der Waals surface area (Å²) >= 11 is 1.49. The van der Waals surface area contributed by atoms with Gasteiger partial charge in [-0.15, -0.1) is 0 Å². The Kier molecular flexibility index (Phi) is 3.62. The van der Waals surface area contributed by atoms with Gasteiger partial charge in [0.2, 0.25) is 0 Å². The van der Waals surface area contributed by atoms with Gasteiger partial charge in [-0.25, -0.2) is 4.98 Å². The van der Waals surface area contributed by atoms with Crippen molar-refractivity contribution in [1.82, 2.24) is 4.98 Å². The summed E-state index contributed by atoms with van der Waals surface area (Å²) in [5.41, 5.74) is 10.2. The second kappa shape index (κ2) is 5.58. The Morgan fingerprint density at radius 3 is 2.38 bits per heavy atom. The summed E-state index contributed by atoms with van der Waals surface area (Å²) in [6.07, 6.45) is 0. The van der Waals surface area contributed by atoms with Crippen LogP contribution in [0, 0.1) is 6.92 Å². The summed E-state index contributed by atoms with van der Waals surface area (Å²) in [4.78, 5) is 5.58. The number of thiazole rings is 1. The molecule has 3 rings (SSSR count).